The quantitative estimate of drug-likeness (QED) is 0.802. The molecule has 166 valence electrons. The van der Waals surface area contributed by atoms with E-state index in [1.54, 1.807) is 5.01 Å². The summed E-state index contributed by atoms with van der Waals surface area (Å²) in [6.07, 6.45) is 0.969. The van der Waals surface area contributed by atoms with E-state index in [4.69, 9.17) is 4.74 Å². The van der Waals surface area contributed by atoms with Gasteiger partial charge >= 0.3 is 6.18 Å². The van der Waals surface area contributed by atoms with Crippen molar-refractivity contribution in [1.29, 1.82) is 0 Å². The molecule has 0 bridgehead atoms. The molecule has 0 aromatic carbocycles. The molecule has 1 saturated carbocycles. The molecule has 3 heterocycles. The van der Waals surface area contributed by atoms with E-state index in [1.165, 1.54) is 0 Å². The molecule has 1 amide bonds. The second-order valence-corrected chi connectivity index (χ2v) is 8.46. The summed E-state index contributed by atoms with van der Waals surface area (Å²) in [5.41, 5.74) is 0.331. The van der Waals surface area contributed by atoms with Gasteiger partial charge in [0, 0.05) is 44.0 Å². The van der Waals surface area contributed by atoms with Crippen molar-refractivity contribution in [2.75, 3.05) is 19.8 Å². The topological polar surface area (TPSA) is 57.7 Å². The summed E-state index contributed by atoms with van der Waals surface area (Å²) in [4.78, 5) is 17.3. The van der Waals surface area contributed by atoms with Crippen LogP contribution in [0.4, 0.5) is 13.2 Å². The summed E-state index contributed by atoms with van der Waals surface area (Å²) < 4.78 is 44.7. The third-order valence-electron chi connectivity index (χ3n) is 6.48. The number of rotatable bonds is 4. The van der Waals surface area contributed by atoms with Crippen LogP contribution in [0.15, 0.2) is 12.3 Å². The van der Waals surface area contributed by atoms with Gasteiger partial charge in [-0.1, -0.05) is 6.92 Å². The van der Waals surface area contributed by atoms with Gasteiger partial charge in [0.25, 0.3) is 0 Å². The van der Waals surface area contributed by atoms with E-state index in [9.17, 15) is 18.0 Å². The lowest BCUT2D eigenvalue weighted by molar-refractivity contribution is -0.158. The number of fused-ring (bicyclic) bond motifs is 1. The Morgan fingerprint density at radius 1 is 1.20 bits per heavy atom. The van der Waals surface area contributed by atoms with Crippen molar-refractivity contribution in [3.05, 3.63) is 29.1 Å². The number of nitrogens with one attached hydrogen (secondary N) is 1. The van der Waals surface area contributed by atoms with E-state index in [0.717, 1.165) is 57.6 Å². The molecule has 9 heteroatoms. The predicted molar refractivity (Wildman–Crippen MR) is 104 cm³/mol. The number of nitrogens with zero attached hydrogens (tertiary/aromatic N) is 3. The van der Waals surface area contributed by atoms with Gasteiger partial charge in [-0.3, -0.25) is 14.8 Å². The van der Waals surface area contributed by atoms with Gasteiger partial charge in [-0.25, -0.2) is 5.01 Å². The SMILES string of the molecule is CCN1Cc2ncc(C(F)(F)F)cc2CN1C(=O)C1CCC(NC2CCOCC2)C1. The zero-order valence-electron chi connectivity index (χ0n) is 17.2. The van der Waals surface area contributed by atoms with Crippen molar-refractivity contribution < 1.29 is 22.7 Å². The van der Waals surface area contributed by atoms with Crippen LogP contribution in [-0.2, 0) is 28.8 Å². The number of hydrazine groups is 1. The maximum Gasteiger partial charge on any atom is 0.417 e. The molecule has 2 atom stereocenters. The van der Waals surface area contributed by atoms with Crippen LogP contribution in [0.3, 0.4) is 0 Å². The summed E-state index contributed by atoms with van der Waals surface area (Å²) in [7, 11) is 0. The zero-order valence-corrected chi connectivity index (χ0v) is 17.2. The number of hydrogen-bond donors (Lipinski definition) is 1. The van der Waals surface area contributed by atoms with E-state index in [2.05, 4.69) is 10.3 Å². The molecule has 30 heavy (non-hydrogen) atoms. The number of hydrogen-bond acceptors (Lipinski definition) is 5. The molecule has 3 aliphatic rings. The molecule has 1 aliphatic carbocycles. The standard InChI is InChI=1S/C21H29F3N4O2/c1-2-27-13-19-15(9-16(11-25-19)21(22,23)24)12-28(27)20(29)14-3-4-18(10-14)26-17-5-7-30-8-6-17/h9,11,14,17-18,26H,2-8,10,12-13H2,1H3. The van der Waals surface area contributed by atoms with Crippen molar-refractivity contribution in [2.45, 2.75) is 70.4 Å². The Balaban J connectivity index is 1.43. The minimum Gasteiger partial charge on any atom is -0.381 e. The number of pyridine rings is 1. The molecular weight excluding hydrogens is 397 g/mol. The fourth-order valence-corrected chi connectivity index (χ4v) is 4.76. The van der Waals surface area contributed by atoms with Crippen LogP contribution >= 0.6 is 0 Å². The first-order chi connectivity index (χ1) is 14.3. The van der Waals surface area contributed by atoms with Crippen molar-refractivity contribution in [2.24, 2.45) is 5.92 Å². The smallest absolute Gasteiger partial charge is 0.381 e. The summed E-state index contributed by atoms with van der Waals surface area (Å²) >= 11 is 0. The van der Waals surface area contributed by atoms with Gasteiger partial charge < -0.3 is 10.1 Å². The number of carbonyl (C=O) groups excluding carboxylic acids is 1. The fraction of sp³-hybridized carbons (Fsp3) is 0.714. The van der Waals surface area contributed by atoms with E-state index in [-0.39, 0.29) is 18.4 Å². The summed E-state index contributed by atoms with van der Waals surface area (Å²) in [5.74, 6) is -0.0899. The van der Waals surface area contributed by atoms with Gasteiger partial charge in [0.05, 0.1) is 24.3 Å². The maximum absolute atomic E-state index is 13.3. The zero-order chi connectivity index (χ0) is 21.3. The molecule has 2 aliphatic heterocycles. The van der Waals surface area contributed by atoms with E-state index < -0.39 is 11.7 Å². The molecule has 0 radical (unpaired) electrons. The van der Waals surface area contributed by atoms with Crippen LogP contribution in [0.25, 0.3) is 0 Å². The first kappa shape index (κ1) is 21.5. The minimum absolute atomic E-state index is 0.0104. The van der Waals surface area contributed by atoms with Gasteiger partial charge in [0.15, 0.2) is 0 Å². The number of halogens is 3. The van der Waals surface area contributed by atoms with Crippen LogP contribution in [0.5, 0.6) is 0 Å². The number of alkyl halides is 3. The highest BCUT2D eigenvalue weighted by Gasteiger charge is 2.38. The van der Waals surface area contributed by atoms with Crippen LogP contribution in [0.1, 0.15) is 55.8 Å². The van der Waals surface area contributed by atoms with Crippen LogP contribution in [0.2, 0.25) is 0 Å². The summed E-state index contributed by atoms with van der Waals surface area (Å²) in [6, 6.07) is 1.89. The minimum atomic E-state index is -4.44. The largest absolute Gasteiger partial charge is 0.417 e. The lowest BCUT2D eigenvalue weighted by Crippen LogP contribution is -2.50. The van der Waals surface area contributed by atoms with Crippen molar-refractivity contribution in [3.8, 4) is 0 Å². The van der Waals surface area contributed by atoms with Gasteiger partial charge in [0.1, 0.15) is 0 Å². The van der Waals surface area contributed by atoms with Crippen molar-refractivity contribution in [1.82, 2.24) is 20.3 Å². The van der Waals surface area contributed by atoms with Crippen LogP contribution < -0.4 is 5.32 Å². The Morgan fingerprint density at radius 2 is 1.97 bits per heavy atom. The van der Waals surface area contributed by atoms with E-state index in [1.807, 2.05) is 11.9 Å². The van der Waals surface area contributed by atoms with Gasteiger partial charge in [-0.2, -0.15) is 13.2 Å². The van der Waals surface area contributed by atoms with E-state index in [0.29, 0.717) is 36.4 Å². The highest BCUT2D eigenvalue weighted by molar-refractivity contribution is 5.79. The summed E-state index contributed by atoms with van der Waals surface area (Å²) in [5, 5.41) is 7.21. The third-order valence-corrected chi connectivity index (χ3v) is 6.48. The molecule has 2 fully saturated rings. The number of ether oxygens (including phenoxy) is 1. The Kier molecular flexibility index (Phi) is 6.31. The average molecular weight is 426 g/mol. The highest BCUT2D eigenvalue weighted by atomic mass is 19.4. The Labute approximate surface area is 174 Å². The molecular formula is C21H29F3N4O2. The van der Waals surface area contributed by atoms with Crippen LogP contribution in [-0.4, -0.2) is 52.8 Å². The molecule has 0 spiro atoms. The normalized spacial score (nSPS) is 26.1. The monoisotopic (exact) mass is 426 g/mol. The Hall–Kier alpha value is -1.71. The van der Waals surface area contributed by atoms with Crippen molar-refractivity contribution in [3.63, 3.8) is 0 Å². The number of carbonyl (C=O) groups is 1. The van der Waals surface area contributed by atoms with E-state index >= 15 is 0 Å². The lowest BCUT2D eigenvalue weighted by atomic mass is 10.0. The first-order valence-electron chi connectivity index (χ1n) is 10.8. The molecule has 4 rings (SSSR count). The second-order valence-electron chi connectivity index (χ2n) is 8.46. The maximum atomic E-state index is 13.3. The lowest BCUT2D eigenvalue weighted by Gasteiger charge is -2.40. The van der Waals surface area contributed by atoms with Crippen LogP contribution in [0, 0.1) is 5.92 Å². The van der Waals surface area contributed by atoms with Gasteiger partial charge in [0.2, 0.25) is 5.91 Å². The van der Waals surface area contributed by atoms with Gasteiger partial charge in [-0.15, -0.1) is 0 Å². The van der Waals surface area contributed by atoms with Crippen molar-refractivity contribution >= 4 is 5.91 Å². The summed E-state index contributed by atoms with van der Waals surface area (Å²) in [6.45, 7) is 4.60. The predicted octanol–water partition coefficient (Wildman–Crippen LogP) is 3.12. The molecule has 1 N–H and O–H groups in total. The number of amides is 1. The molecule has 6 nitrogen and oxygen atoms in total. The first-order valence-corrected chi connectivity index (χ1v) is 10.8. The number of aromatic nitrogens is 1. The highest BCUT2D eigenvalue weighted by Crippen LogP contribution is 2.34. The average Bonchev–Trinajstić information content (AvgIpc) is 3.20. The third kappa shape index (κ3) is 4.63. The fourth-order valence-electron chi connectivity index (χ4n) is 4.76. The molecule has 2 unspecified atom stereocenters. The second kappa shape index (κ2) is 8.80. The molecule has 1 saturated heterocycles. The Morgan fingerprint density at radius 3 is 2.67 bits per heavy atom. The molecule has 1 aromatic heterocycles. The Bertz CT molecular complexity index is 767. The van der Waals surface area contributed by atoms with Gasteiger partial charge in [-0.05, 0) is 43.7 Å². The molecule has 1 aromatic rings.